The molecule has 1 heterocycles. The molecule has 0 bridgehead atoms. The van der Waals surface area contributed by atoms with Gasteiger partial charge in [0.05, 0.1) is 24.8 Å². The third-order valence-electron chi connectivity index (χ3n) is 4.03. The third kappa shape index (κ3) is 3.57. The molecule has 3 rings (SSSR count). The second-order valence-corrected chi connectivity index (χ2v) is 7.60. The molecule has 0 aliphatic heterocycles. The van der Waals surface area contributed by atoms with E-state index in [4.69, 9.17) is 9.47 Å². The molecule has 0 saturated heterocycles. The number of thiophene rings is 1. The first-order valence-electron chi connectivity index (χ1n) is 8.01. The van der Waals surface area contributed by atoms with Crippen molar-refractivity contribution in [3.05, 3.63) is 44.2 Å². The summed E-state index contributed by atoms with van der Waals surface area (Å²) >= 11 is 4.82. The van der Waals surface area contributed by atoms with Crippen molar-refractivity contribution in [2.75, 3.05) is 19.0 Å². The van der Waals surface area contributed by atoms with Crippen molar-refractivity contribution in [2.45, 2.75) is 26.2 Å². The van der Waals surface area contributed by atoms with Crippen LogP contribution in [0.5, 0.6) is 5.75 Å². The number of nitrogens with one attached hydrogen (secondary N) is 1. The van der Waals surface area contributed by atoms with Crippen LogP contribution in [0.3, 0.4) is 0 Å². The fourth-order valence-electron chi connectivity index (χ4n) is 2.94. The summed E-state index contributed by atoms with van der Waals surface area (Å²) in [6, 6.07) is 5.22. The fraction of sp³-hybridized carbons (Fsp3) is 0.333. The Kier molecular flexibility index (Phi) is 5.44. The van der Waals surface area contributed by atoms with E-state index in [2.05, 4.69) is 21.2 Å². The first-order valence-corrected chi connectivity index (χ1v) is 9.62. The first-order chi connectivity index (χ1) is 12.0. The van der Waals surface area contributed by atoms with E-state index in [0.29, 0.717) is 28.5 Å². The molecule has 1 aromatic heterocycles. The van der Waals surface area contributed by atoms with Gasteiger partial charge in [-0.2, -0.15) is 0 Å². The zero-order valence-corrected chi connectivity index (χ0v) is 16.4. The molecule has 0 spiro atoms. The maximum absolute atomic E-state index is 12.7. The Hall–Kier alpha value is -1.86. The predicted octanol–water partition coefficient (Wildman–Crippen LogP) is 4.44. The molecule has 132 valence electrons. The Bertz CT molecular complexity index is 831. The number of amides is 1. The third-order valence-corrected chi connectivity index (χ3v) is 5.73. The summed E-state index contributed by atoms with van der Waals surface area (Å²) in [4.78, 5) is 26.3. The van der Waals surface area contributed by atoms with Crippen molar-refractivity contribution < 1.29 is 19.1 Å². The van der Waals surface area contributed by atoms with E-state index in [-0.39, 0.29) is 11.9 Å². The van der Waals surface area contributed by atoms with Gasteiger partial charge >= 0.3 is 5.97 Å². The summed E-state index contributed by atoms with van der Waals surface area (Å²) in [7, 11) is 1.52. The second kappa shape index (κ2) is 7.58. The Labute approximate surface area is 158 Å². The largest absolute Gasteiger partial charge is 0.496 e. The number of anilines is 1. The lowest BCUT2D eigenvalue weighted by Crippen LogP contribution is -2.16. The number of hydrogen-bond donors (Lipinski definition) is 1. The average Bonchev–Trinajstić information content (AvgIpc) is 3.15. The summed E-state index contributed by atoms with van der Waals surface area (Å²) in [6.07, 6.45) is 2.81. The molecule has 1 aromatic carbocycles. The van der Waals surface area contributed by atoms with Crippen LogP contribution in [-0.4, -0.2) is 25.6 Å². The molecule has 0 unspecified atom stereocenters. The molecule has 7 heteroatoms. The SMILES string of the molecule is CCOC(=O)c1c(NC(=O)c2cc(Br)ccc2OC)sc2c1CCC2. The van der Waals surface area contributed by atoms with E-state index in [0.717, 1.165) is 34.2 Å². The molecule has 0 atom stereocenters. The van der Waals surface area contributed by atoms with E-state index in [9.17, 15) is 9.59 Å². The number of rotatable bonds is 5. The smallest absolute Gasteiger partial charge is 0.341 e. The van der Waals surface area contributed by atoms with E-state index in [1.807, 2.05) is 0 Å². The molecule has 0 fully saturated rings. The molecule has 0 saturated carbocycles. The van der Waals surface area contributed by atoms with Gasteiger partial charge in [-0.1, -0.05) is 15.9 Å². The average molecular weight is 424 g/mol. The second-order valence-electron chi connectivity index (χ2n) is 5.58. The van der Waals surface area contributed by atoms with Crippen LogP contribution in [0.15, 0.2) is 22.7 Å². The minimum Gasteiger partial charge on any atom is -0.496 e. The Morgan fingerprint density at radius 2 is 2.12 bits per heavy atom. The lowest BCUT2D eigenvalue weighted by Gasteiger charge is -2.11. The monoisotopic (exact) mass is 423 g/mol. The summed E-state index contributed by atoms with van der Waals surface area (Å²) in [6.45, 7) is 2.07. The summed E-state index contributed by atoms with van der Waals surface area (Å²) in [5.41, 5.74) is 1.92. The molecule has 2 aromatic rings. The number of benzene rings is 1. The van der Waals surface area contributed by atoms with Crippen molar-refractivity contribution in [1.82, 2.24) is 0 Å². The number of halogens is 1. The van der Waals surface area contributed by atoms with Gasteiger partial charge in [-0.3, -0.25) is 4.79 Å². The maximum Gasteiger partial charge on any atom is 0.341 e. The quantitative estimate of drug-likeness (QED) is 0.721. The van der Waals surface area contributed by atoms with Crippen LogP contribution in [-0.2, 0) is 17.6 Å². The van der Waals surface area contributed by atoms with E-state index >= 15 is 0 Å². The highest BCUT2D eigenvalue weighted by atomic mass is 79.9. The number of carbonyl (C=O) groups is 2. The van der Waals surface area contributed by atoms with Crippen LogP contribution < -0.4 is 10.1 Å². The number of fused-ring (bicyclic) bond motifs is 1. The van der Waals surface area contributed by atoms with Gasteiger partial charge in [0, 0.05) is 9.35 Å². The minimum atomic E-state index is -0.376. The molecule has 25 heavy (non-hydrogen) atoms. The summed E-state index contributed by atoms with van der Waals surface area (Å²) in [5.74, 6) is -0.218. The zero-order chi connectivity index (χ0) is 18.0. The van der Waals surface area contributed by atoms with Crippen LogP contribution in [0.25, 0.3) is 0 Å². The van der Waals surface area contributed by atoms with Crippen LogP contribution in [0.2, 0.25) is 0 Å². The number of ether oxygens (including phenoxy) is 2. The maximum atomic E-state index is 12.7. The van der Waals surface area contributed by atoms with E-state index in [1.54, 1.807) is 25.1 Å². The molecule has 1 amide bonds. The minimum absolute atomic E-state index is 0.302. The molecule has 5 nitrogen and oxygen atoms in total. The first kappa shape index (κ1) is 17.9. The van der Waals surface area contributed by atoms with Crippen molar-refractivity contribution in [1.29, 1.82) is 0 Å². The van der Waals surface area contributed by atoms with Crippen molar-refractivity contribution >= 4 is 44.1 Å². The molecule has 1 aliphatic rings. The van der Waals surface area contributed by atoms with Crippen molar-refractivity contribution in [2.24, 2.45) is 0 Å². The van der Waals surface area contributed by atoms with Gasteiger partial charge < -0.3 is 14.8 Å². The molecule has 0 radical (unpaired) electrons. The van der Waals surface area contributed by atoms with Crippen LogP contribution in [0.1, 0.15) is 44.5 Å². The van der Waals surface area contributed by atoms with Crippen LogP contribution in [0, 0.1) is 0 Å². The number of esters is 1. The predicted molar refractivity (Wildman–Crippen MR) is 101 cm³/mol. The van der Waals surface area contributed by atoms with Gasteiger partial charge in [0.15, 0.2) is 0 Å². The van der Waals surface area contributed by atoms with Gasteiger partial charge in [0.2, 0.25) is 0 Å². The van der Waals surface area contributed by atoms with E-state index < -0.39 is 0 Å². The van der Waals surface area contributed by atoms with E-state index in [1.165, 1.54) is 18.4 Å². The van der Waals surface area contributed by atoms with Gasteiger partial charge in [-0.25, -0.2) is 4.79 Å². The number of hydrogen-bond acceptors (Lipinski definition) is 5. The topological polar surface area (TPSA) is 64.6 Å². The Morgan fingerprint density at radius 1 is 1.32 bits per heavy atom. The van der Waals surface area contributed by atoms with Gasteiger partial charge in [0.1, 0.15) is 10.8 Å². The van der Waals surface area contributed by atoms with Gasteiger partial charge in [0.25, 0.3) is 5.91 Å². The highest BCUT2D eigenvalue weighted by Crippen LogP contribution is 2.40. The summed E-state index contributed by atoms with van der Waals surface area (Å²) < 4.78 is 11.2. The normalized spacial score (nSPS) is 12.6. The number of carbonyl (C=O) groups excluding carboxylic acids is 2. The number of aryl methyl sites for hydroxylation is 1. The highest BCUT2D eigenvalue weighted by Gasteiger charge is 2.28. The lowest BCUT2D eigenvalue weighted by molar-refractivity contribution is 0.0527. The number of methoxy groups -OCH3 is 1. The molecular formula is C18H18BrNO4S. The Morgan fingerprint density at radius 3 is 2.84 bits per heavy atom. The molecule has 1 N–H and O–H groups in total. The van der Waals surface area contributed by atoms with Crippen molar-refractivity contribution in [3.8, 4) is 5.75 Å². The Balaban J connectivity index is 1.94. The van der Waals surface area contributed by atoms with Crippen LogP contribution in [0.4, 0.5) is 5.00 Å². The fourth-order valence-corrected chi connectivity index (χ4v) is 4.57. The van der Waals surface area contributed by atoms with Crippen molar-refractivity contribution in [3.63, 3.8) is 0 Å². The highest BCUT2D eigenvalue weighted by molar-refractivity contribution is 9.10. The van der Waals surface area contributed by atoms with Gasteiger partial charge in [-0.05, 0) is 49.9 Å². The summed E-state index contributed by atoms with van der Waals surface area (Å²) in [5, 5.41) is 3.43. The van der Waals surface area contributed by atoms with Gasteiger partial charge in [-0.15, -0.1) is 11.3 Å². The standard InChI is InChI=1S/C18H18BrNO4S/c1-3-24-18(22)15-11-5-4-6-14(11)25-17(15)20-16(21)12-9-10(19)7-8-13(12)23-2/h7-9H,3-6H2,1-2H3,(H,20,21). The molecular weight excluding hydrogens is 406 g/mol. The zero-order valence-electron chi connectivity index (χ0n) is 14.0. The van der Waals surface area contributed by atoms with Crippen LogP contribution >= 0.6 is 27.3 Å². The lowest BCUT2D eigenvalue weighted by atomic mass is 10.1. The molecule has 1 aliphatic carbocycles.